The third-order valence-corrected chi connectivity index (χ3v) is 4.72. The van der Waals surface area contributed by atoms with Crippen LogP contribution in [0.25, 0.3) is 0 Å². The molecule has 1 N–H and O–H groups in total. The van der Waals surface area contributed by atoms with Crippen LogP contribution in [0.15, 0.2) is 0 Å². The van der Waals surface area contributed by atoms with Crippen LogP contribution in [0.3, 0.4) is 0 Å². The first-order valence-corrected chi connectivity index (χ1v) is 7.30. The number of hydrogen-bond donors (Lipinski definition) is 1. The summed E-state index contributed by atoms with van der Waals surface area (Å²) in [5, 5.41) is 3.53. The fourth-order valence-corrected chi connectivity index (χ4v) is 3.56. The Morgan fingerprint density at radius 1 is 1.18 bits per heavy atom. The Bertz CT molecular complexity index is 232. The molecule has 3 heteroatoms. The molecule has 0 aromatic rings. The zero-order valence-electron chi connectivity index (χ0n) is 11.8. The van der Waals surface area contributed by atoms with Crippen LogP contribution in [0, 0.1) is 5.92 Å². The van der Waals surface area contributed by atoms with Crippen molar-refractivity contribution in [3.05, 3.63) is 0 Å². The molecule has 0 aromatic carbocycles. The SMILES string of the molecule is CNC1CCCCC1CN1CCN(C)CC1C. The second-order valence-corrected chi connectivity index (χ2v) is 6.05. The number of rotatable bonds is 3. The van der Waals surface area contributed by atoms with Gasteiger partial charge in [-0.1, -0.05) is 12.8 Å². The Hall–Kier alpha value is -0.120. The fourth-order valence-electron chi connectivity index (χ4n) is 3.56. The third-order valence-electron chi connectivity index (χ3n) is 4.72. The summed E-state index contributed by atoms with van der Waals surface area (Å²) in [6.07, 6.45) is 5.65. The lowest BCUT2D eigenvalue weighted by Crippen LogP contribution is -2.53. The zero-order valence-corrected chi connectivity index (χ0v) is 11.8. The van der Waals surface area contributed by atoms with Gasteiger partial charge in [0.05, 0.1) is 0 Å². The smallest absolute Gasteiger partial charge is 0.0195 e. The van der Waals surface area contributed by atoms with E-state index in [-0.39, 0.29) is 0 Å². The Morgan fingerprint density at radius 2 is 1.94 bits per heavy atom. The molecular weight excluding hydrogens is 210 g/mol. The van der Waals surface area contributed by atoms with Crippen molar-refractivity contribution in [1.82, 2.24) is 15.1 Å². The third kappa shape index (κ3) is 3.43. The van der Waals surface area contributed by atoms with Crippen molar-refractivity contribution in [2.24, 2.45) is 5.92 Å². The average molecular weight is 239 g/mol. The van der Waals surface area contributed by atoms with Gasteiger partial charge in [-0.15, -0.1) is 0 Å². The van der Waals surface area contributed by atoms with E-state index < -0.39 is 0 Å². The molecule has 0 aromatic heterocycles. The summed E-state index contributed by atoms with van der Waals surface area (Å²) < 4.78 is 0. The Balaban J connectivity index is 1.86. The number of nitrogens with one attached hydrogen (secondary N) is 1. The molecule has 3 unspecified atom stereocenters. The van der Waals surface area contributed by atoms with Crippen molar-refractivity contribution in [2.45, 2.75) is 44.7 Å². The van der Waals surface area contributed by atoms with Crippen LogP contribution in [0.5, 0.6) is 0 Å². The molecule has 0 bridgehead atoms. The van der Waals surface area contributed by atoms with E-state index in [1.807, 2.05) is 0 Å². The molecule has 3 atom stereocenters. The summed E-state index contributed by atoms with van der Waals surface area (Å²) in [5.74, 6) is 0.875. The van der Waals surface area contributed by atoms with Gasteiger partial charge in [0.2, 0.25) is 0 Å². The molecule has 17 heavy (non-hydrogen) atoms. The summed E-state index contributed by atoms with van der Waals surface area (Å²) in [7, 11) is 4.38. The molecule has 100 valence electrons. The summed E-state index contributed by atoms with van der Waals surface area (Å²) in [6.45, 7) is 7.41. The van der Waals surface area contributed by atoms with Gasteiger partial charge in [-0.05, 0) is 39.8 Å². The van der Waals surface area contributed by atoms with Crippen LogP contribution in [0.1, 0.15) is 32.6 Å². The monoisotopic (exact) mass is 239 g/mol. The minimum Gasteiger partial charge on any atom is -0.317 e. The van der Waals surface area contributed by atoms with Crippen molar-refractivity contribution >= 4 is 0 Å². The van der Waals surface area contributed by atoms with Gasteiger partial charge in [-0.25, -0.2) is 0 Å². The van der Waals surface area contributed by atoms with E-state index in [0.29, 0.717) is 0 Å². The largest absolute Gasteiger partial charge is 0.317 e. The topological polar surface area (TPSA) is 18.5 Å². The van der Waals surface area contributed by atoms with E-state index >= 15 is 0 Å². The maximum absolute atomic E-state index is 3.53. The average Bonchev–Trinajstić information content (AvgIpc) is 2.33. The molecule has 3 nitrogen and oxygen atoms in total. The molecule has 1 saturated heterocycles. The van der Waals surface area contributed by atoms with E-state index in [4.69, 9.17) is 0 Å². The first-order chi connectivity index (χ1) is 8.20. The Morgan fingerprint density at radius 3 is 2.65 bits per heavy atom. The second-order valence-electron chi connectivity index (χ2n) is 6.05. The van der Waals surface area contributed by atoms with Gasteiger partial charge in [0.25, 0.3) is 0 Å². The molecule has 1 aliphatic carbocycles. The van der Waals surface area contributed by atoms with Gasteiger partial charge in [0, 0.05) is 38.3 Å². The van der Waals surface area contributed by atoms with E-state index in [1.165, 1.54) is 51.9 Å². The van der Waals surface area contributed by atoms with Gasteiger partial charge < -0.3 is 10.2 Å². The highest BCUT2D eigenvalue weighted by Crippen LogP contribution is 2.26. The minimum atomic E-state index is 0.730. The molecule has 2 fully saturated rings. The zero-order chi connectivity index (χ0) is 12.3. The minimum absolute atomic E-state index is 0.730. The Labute approximate surface area is 107 Å². The highest BCUT2D eigenvalue weighted by atomic mass is 15.3. The van der Waals surface area contributed by atoms with Crippen LogP contribution in [-0.2, 0) is 0 Å². The van der Waals surface area contributed by atoms with Gasteiger partial charge in [-0.2, -0.15) is 0 Å². The van der Waals surface area contributed by atoms with Gasteiger partial charge in [0.15, 0.2) is 0 Å². The lowest BCUT2D eigenvalue weighted by Gasteiger charge is -2.42. The maximum Gasteiger partial charge on any atom is 0.0195 e. The number of nitrogens with zero attached hydrogens (tertiary/aromatic N) is 2. The summed E-state index contributed by atoms with van der Waals surface area (Å²) in [4.78, 5) is 5.16. The standard InChI is InChI=1S/C14H29N3/c1-12-10-16(3)8-9-17(12)11-13-6-4-5-7-14(13)15-2/h12-15H,4-11H2,1-3H3. The molecule has 0 spiro atoms. The predicted molar refractivity (Wildman–Crippen MR) is 73.3 cm³/mol. The molecule has 2 rings (SSSR count). The van der Waals surface area contributed by atoms with E-state index in [9.17, 15) is 0 Å². The molecule has 2 aliphatic rings. The number of likely N-dealkylation sites (N-methyl/N-ethyl adjacent to an activating group) is 1. The number of hydrogen-bond acceptors (Lipinski definition) is 3. The van der Waals surface area contributed by atoms with E-state index in [1.54, 1.807) is 0 Å². The molecule has 1 aliphatic heterocycles. The summed E-state index contributed by atoms with van der Waals surface area (Å²) >= 11 is 0. The summed E-state index contributed by atoms with van der Waals surface area (Å²) in [6, 6.07) is 1.49. The number of piperazine rings is 1. The highest BCUT2D eigenvalue weighted by Gasteiger charge is 2.29. The van der Waals surface area contributed by atoms with Crippen LogP contribution < -0.4 is 5.32 Å². The van der Waals surface area contributed by atoms with Crippen LogP contribution in [-0.4, -0.2) is 62.2 Å². The van der Waals surface area contributed by atoms with Crippen LogP contribution in [0.4, 0.5) is 0 Å². The molecule has 1 heterocycles. The second kappa shape index (κ2) is 6.17. The molecule has 1 saturated carbocycles. The van der Waals surface area contributed by atoms with Crippen LogP contribution in [0.2, 0.25) is 0 Å². The lowest BCUT2D eigenvalue weighted by molar-refractivity contribution is 0.0703. The molecule has 0 radical (unpaired) electrons. The van der Waals surface area contributed by atoms with E-state index in [2.05, 4.69) is 36.1 Å². The first-order valence-electron chi connectivity index (χ1n) is 7.30. The van der Waals surface area contributed by atoms with Crippen molar-refractivity contribution in [3.63, 3.8) is 0 Å². The summed E-state index contributed by atoms with van der Waals surface area (Å²) in [5.41, 5.74) is 0. The van der Waals surface area contributed by atoms with Crippen molar-refractivity contribution in [3.8, 4) is 0 Å². The molecule has 0 amide bonds. The van der Waals surface area contributed by atoms with Gasteiger partial charge in [-0.3, -0.25) is 4.90 Å². The van der Waals surface area contributed by atoms with Crippen LogP contribution >= 0.6 is 0 Å². The van der Waals surface area contributed by atoms with Crippen molar-refractivity contribution in [1.29, 1.82) is 0 Å². The van der Waals surface area contributed by atoms with Crippen molar-refractivity contribution < 1.29 is 0 Å². The Kier molecular flexibility index (Phi) is 4.83. The predicted octanol–water partition coefficient (Wildman–Crippen LogP) is 1.40. The van der Waals surface area contributed by atoms with Gasteiger partial charge >= 0.3 is 0 Å². The lowest BCUT2D eigenvalue weighted by atomic mass is 9.84. The highest BCUT2D eigenvalue weighted by molar-refractivity contribution is 4.85. The fraction of sp³-hybridized carbons (Fsp3) is 1.00. The van der Waals surface area contributed by atoms with E-state index in [0.717, 1.165) is 18.0 Å². The molecular formula is C14H29N3. The first kappa shape index (κ1) is 13.3. The van der Waals surface area contributed by atoms with Gasteiger partial charge in [0.1, 0.15) is 0 Å². The maximum atomic E-state index is 3.53. The van der Waals surface area contributed by atoms with Crippen molar-refractivity contribution in [2.75, 3.05) is 40.3 Å². The quantitative estimate of drug-likeness (QED) is 0.803. The normalized spacial score (nSPS) is 37.2.